The summed E-state index contributed by atoms with van der Waals surface area (Å²) in [5.74, 6) is 0.0597. The Morgan fingerprint density at radius 2 is 1.68 bits per heavy atom. The van der Waals surface area contributed by atoms with Crippen molar-refractivity contribution in [1.82, 2.24) is 9.80 Å². The van der Waals surface area contributed by atoms with Crippen LogP contribution in [0.4, 0.5) is 10.1 Å². The predicted octanol–water partition coefficient (Wildman–Crippen LogP) is 3.53. The highest BCUT2D eigenvalue weighted by Gasteiger charge is 2.34. The van der Waals surface area contributed by atoms with Gasteiger partial charge in [0.15, 0.2) is 0 Å². The molecule has 5 heteroatoms. The number of hydrogen-bond donors (Lipinski definition) is 0. The van der Waals surface area contributed by atoms with Gasteiger partial charge in [0.25, 0.3) is 0 Å². The summed E-state index contributed by atoms with van der Waals surface area (Å²) in [5, 5.41) is 0. The molecule has 4 rings (SSSR count). The number of halogens is 1. The van der Waals surface area contributed by atoms with Gasteiger partial charge in [-0.1, -0.05) is 30.3 Å². The first-order chi connectivity index (χ1) is 13.7. The maximum absolute atomic E-state index is 13.3. The van der Waals surface area contributed by atoms with Crippen LogP contribution < -0.4 is 4.90 Å². The van der Waals surface area contributed by atoms with Crippen LogP contribution >= 0.6 is 0 Å². The molecule has 0 bridgehead atoms. The van der Waals surface area contributed by atoms with Crippen LogP contribution in [0.15, 0.2) is 54.6 Å². The van der Waals surface area contributed by atoms with Gasteiger partial charge in [-0.2, -0.15) is 0 Å². The summed E-state index contributed by atoms with van der Waals surface area (Å²) < 4.78 is 13.2. The van der Waals surface area contributed by atoms with Gasteiger partial charge in [-0.15, -0.1) is 0 Å². The van der Waals surface area contributed by atoms with Crippen molar-refractivity contribution < 1.29 is 9.18 Å². The summed E-state index contributed by atoms with van der Waals surface area (Å²) in [4.78, 5) is 19.9. The monoisotopic (exact) mass is 381 g/mol. The van der Waals surface area contributed by atoms with Crippen molar-refractivity contribution in [2.24, 2.45) is 0 Å². The number of hydrogen-bond acceptors (Lipinski definition) is 3. The number of likely N-dealkylation sites (tertiary alicyclic amines) is 1. The molecule has 2 aliphatic rings. The molecular formula is C23H28FN3O. The van der Waals surface area contributed by atoms with Crippen molar-refractivity contribution >= 4 is 11.6 Å². The van der Waals surface area contributed by atoms with Gasteiger partial charge in [-0.05, 0) is 55.6 Å². The van der Waals surface area contributed by atoms with Crippen molar-refractivity contribution in [3.05, 3.63) is 66.0 Å². The Hall–Kier alpha value is -2.40. The van der Waals surface area contributed by atoms with Gasteiger partial charge in [0, 0.05) is 38.4 Å². The summed E-state index contributed by atoms with van der Waals surface area (Å²) in [6, 6.07) is 17.1. The Labute approximate surface area is 166 Å². The molecule has 1 amide bonds. The van der Waals surface area contributed by atoms with Crippen molar-refractivity contribution in [2.45, 2.75) is 31.8 Å². The van der Waals surface area contributed by atoms with E-state index in [4.69, 9.17) is 0 Å². The molecule has 28 heavy (non-hydrogen) atoms. The first-order valence-corrected chi connectivity index (χ1v) is 10.3. The largest absolute Gasteiger partial charge is 0.370 e. The van der Waals surface area contributed by atoms with Crippen molar-refractivity contribution in [1.29, 1.82) is 0 Å². The average molecular weight is 381 g/mol. The van der Waals surface area contributed by atoms with Gasteiger partial charge in [-0.3, -0.25) is 9.69 Å². The molecule has 0 saturated carbocycles. The molecule has 2 saturated heterocycles. The highest BCUT2D eigenvalue weighted by Crippen LogP contribution is 2.23. The Bertz CT molecular complexity index is 780. The molecule has 2 fully saturated rings. The molecule has 1 unspecified atom stereocenters. The van der Waals surface area contributed by atoms with Crippen LogP contribution in [0.3, 0.4) is 0 Å². The lowest BCUT2D eigenvalue weighted by molar-refractivity contribution is -0.135. The van der Waals surface area contributed by atoms with Crippen LogP contribution in [-0.4, -0.2) is 54.5 Å². The Morgan fingerprint density at radius 1 is 0.893 bits per heavy atom. The van der Waals surface area contributed by atoms with E-state index in [0.717, 1.165) is 64.2 Å². The summed E-state index contributed by atoms with van der Waals surface area (Å²) in [6.07, 6.45) is 2.97. The second kappa shape index (κ2) is 8.74. The van der Waals surface area contributed by atoms with Gasteiger partial charge in [0.1, 0.15) is 5.82 Å². The number of carbonyl (C=O) groups is 1. The quantitative estimate of drug-likeness (QED) is 0.811. The van der Waals surface area contributed by atoms with Crippen LogP contribution in [0.2, 0.25) is 0 Å². The molecular weight excluding hydrogens is 353 g/mol. The Morgan fingerprint density at radius 3 is 2.46 bits per heavy atom. The van der Waals surface area contributed by atoms with Crippen LogP contribution in [0, 0.1) is 5.82 Å². The predicted molar refractivity (Wildman–Crippen MR) is 110 cm³/mol. The molecule has 2 aromatic rings. The Balaban J connectivity index is 1.38. The number of benzene rings is 2. The highest BCUT2D eigenvalue weighted by atomic mass is 19.1. The van der Waals surface area contributed by atoms with E-state index in [1.54, 1.807) is 0 Å². The highest BCUT2D eigenvalue weighted by molar-refractivity contribution is 5.82. The third-order valence-corrected chi connectivity index (χ3v) is 5.88. The van der Waals surface area contributed by atoms with Gasteiger partial charge in [0.05, 0.1) is 6.04 Å². The molecule has 0 aliphatic carbocycles. The first kappa shape index (κ1) is 18.9. The lowest BCUT2D eigenvalue weighted by atomic mass is 10.1. The van der Waals surface area contributed by atoms with Crippen LogP contribution in [0.25, 0.3) is 0 Å². The number of nitrogens with zero attached hydrogens (tertiary/aromatic N) is 3. The minimum absolute atomic E-state index is 0.00224. The fraction of sp³-hybridized carbons (Fsp3) is 0.435. The molecule has 1 atom stereocenters. The number of rotatable bonds is 4. The maximum Gasteiger partial charge on any atom is 0.240 e. The minimum atomic E-state index is -0.213. The molecule has 4 nitrogen and oxygen atoms in total. The van der Waals surface area contributed by atoms with Crippen molar-refractivity contribution in [2.75, 3.05) is 37.6 Å². The van der Waals surface area contributed by atoms with E-state index in [2.05, 4.69) is 34.1 Å². The summed E-state index contributed by atoms with van der Waals surface area (Å²) in [6.45, 7) is 5.04. The van der Waals surface area contributed by atoms with Crippen LogP contribution in [-0.2, 0) is 11.3 Å². The van der Waals surface area contributed by atoms with E-state index >= 15 is 0 Å². The van der Waals surface area contributed by atoms with E-state index in [0.29, 0.717) is 0 Å². The third-order valence-electron chi connectivity index (χ3n) is 5.88. The fourth-order valence-corrected chi connectivity index (χ4v) is 4.37. The molecule has 0 N–H and O–H groups in total. The van der Waals surface area contributed by atoms with Gasteiger partial charge < -0.3 is 9.80 Å². The first-order valence-electron chi connectivity index (χ1n) is 10.3. The topological polar surface area (TPSA) is 26.8 Å². The maximum atomic E-state index is 13.3. The fourth-order valence-electron chi connectivity index (χ4n) is 4.37. The zero-order valence-corrected chi connectivity index (χ0v) is 16.3. The molecule has 0 aromatic heterocycles. The van der Waals surface area contributed by atoms with Crippen molar-refractivity contribution in [3.63, 3.8) is 0 Å². The molecule has 0 radical (unpaired) electrons. The zero-order chi connectivity index (χ0) is 19.3. The second-order valence-electron chi connectivity index (χ2n) is 7.76. The SMILES string of the molecule is O=C(C1CCCN1Cc1ccccc1)N1CCCN(c2ccc(F)cc2)CC1. The lowest BCUT2D eigenvalue weighted by Crippen LogP contribution is -2.46. The number of carbonyl (C=O) groups excluding carboxylic acids is 1. The average Bonchev–Trinajstić information content (AvgIpc) is 3.03. The third kappa shape index (κ3) is 4.36. The van der Waals surface area contributed by atoms with E-state index in [1.807, 2.05) is 23.1 Å². The van der Waals surface area contributed by atoms with Crippen LogP contribution in [0.1, 0.15) is 24.8 Å². The van der Waals surface area contributed by atoms with E-state index < -0.39 is 0 Å². The summed E-state index contributed by atoms with van der Waals surface area (Å²) in [5.41, 5.74) is 2.29. The normalized spacial score (nSPS) is 21.0. The molecule has 148 valence electrons. The van der Waals surface area contributed by atoms with Gasteiger partial charge in [0.2, 0.25) is 5.91 Å². The zero-order valence-electron chi connectivity index (χ0n) is 16.3. The molecule has 2 heterocycles. The van der Waals surface area contributed by atoms with E-state index in [-0.39, 0.29) is 17.8 Å². The van der Waals surface area contributed by atoms with Crippen molar-refractivity contribution in [3.8, 4) is 0 Å². The molecule has 0 spiro atoms. The number of anilines is 1. The summed E-state index contributed by atoms with van der Waals surface area (Å²) in [7, 11) is 0. The van der Waals surface area contributed by atoms with E-state index in [9.17, 15) is 9.18 Å². The second-order valence-corrected chi connectivity index (χ2v) is 7.76. The lowest BCUT2D eigenvalue weighted by Gasteiger charge is -2.30. The molecule has 2 aliphatic heterocycles. The smallest absolute Gasteiger partial charge is 0.240 e. The summed E-state index contributed by atoms with van der Waals surface area (Å²) >= 11 is 0. The standard InChI is InChI=1S/C23H28FN3O/c24-20-9-11-21(12-10-20)25-14-5-15-26(17-16-25)23(28)22-8-4-13-27(22)18-19-6-2-1-3-7-19/h1-3,6-7,9-12,22H,4-5,8,13-18H2. The molecule has 2 aromatic carbocycles. The Kier molecular flexibility index (Phi) is 5.91. The van der Waals surface area contributed by atoms with Gasteiger partial charge in [-0.25, -0.2) is 4.39 Å². The van der Waals surface area contributed by atoms with E-state index in [1.165, 1.54) is 17.7 Å². The minimum Gasteiger partial charge on any atom is -0.370 e. The number of amides is 1. The van der Waals surface area contributed by atoms with Gasteiger partial charge >= 0.3 is 0 Å². The van der Waals surface area contributed by atoms with Crippen LogP contribution in [0.5, 0.6) is 0 Å².